The van der Waals surface area contributed by atoms with Gasteiger partial charge in [0.15, 0.2) is 0 Å². The lowest BCUT2D eigenvalue weighted by atomic mass is 9.96. The molecule has 2 N–H and O–H groups in total. The number of nitrogens with one attached hydrogen (secondary N) is 2. The van der Waals surface area contributed by atoms with E-state index in [0.717, 1.165) is 0 Å². The van der Waals surface area contributed by atoms with Crippen molar-refractivity contribution in [2.45, 2.75) is 32.2 Å². The van der Waals surface area contributed by atoms with Gasteiger partial charge in [0.05, 0.1) is 17.8 Å². The molecule has 0 fully saturated rings. The second-order valence-electron chi connectivity index (χ2n) is 4.78. The lowest BCUT2D eigenvalue weighted by Crippen LogP contribution is -2.54. The van der Waals surface area contributed by atoms with Gasteiger partial charge >= 0.3 is 12.0 Å². The Morgan fingerprint density at radius 3 is 2.57 bits per heavy atom. The maximum absolute atomic E-state index is 12.1. The normalized spacial score (nSPS) is 13.2. The molecular weight excluding hydrogens is 315 g/mol. The highest BCUT2D eigenvalue weighted by molar-refractivity contribution is 6.35. The number of carbonyl (C=O) groups is 2. The first kappa shape index (κ1) is 17.6. The van der Waals surface area contributed by atoms with Crippen LogP contribution < -0.4 is 10.6 Å². The van der Waals surface area contributed by atoms with E-state index in [-0.39, 0.29) is 0 Å². The third kappa shape index (κ3) is 4.79. The molecule has 0 spiro atoms. The number of rotatable bonds is 5. The van der Waals surface area contributed by atoms with Crippen molar-refractivity contribution in [3.63, 3.8) is 0 Å². The van der Waals surface area contributed by atoms with Crippen LogP contribution in [-0.2, 0) is 9.53 Å². The zero-order valence-electron chi connectivity index (χ0n) is 12.1. The van der Waals surface area contributed by atoms with Crippen LogP contribution in [-0.4, -0.2) is 24.6 Å². The molecule has 0 bridgehead atoms. The van der Waals surface area contributed by atoms with Gasteiger partial charge in [0, 0.05) is 5.02 Å². The van der Waals surface area contributed by atoms with Gasteiger partial charge in [0.25, 0.3) is 0 Å². The molecule has 0 saturated carbocycles. The fraction of sp³-hybridized carbons (Fsp3) is 0.429. The molecule has 116 valence electrons. The fourth-order valence-electron chi connectivity index (χ4n) is 1.94. The molecule has 1 aromatic rings. The molecule has 0 aliphatic heterocycles. The summed E-state index contributed by atoms with van der Waals surface area (Å²) >= 11 is 11.8. The minimum absolute atomic E-state index is 0.352. The standard InChI is InChI=1S/C14H18Cl2N2O3/c1-4-7-14(2,12(19)21-3)18-13(20)17-11-8-9(15)5-6-10(11)16/h5-6,8H,4,7H2,1-3H3,(H2,17,18,20). The average molecular weight is 333 g/mol. The summed E-state index contributed by atoms with van der Waals surface area (Å²) in [5.41, 5.74) is -0.732. The van der Waals surface area contributed by atoms with Gasteiger partial charge in [-0.2, -0.15) is 0 Å². The first-order valence-electron chi connectivity index (χ1n) is 6.45. The summed E-state index contributed by atoms with van der Waals surface area (Å²) in [6, 6.07) is 4.16. The van der Waals surface area contributed by atoms with Crippen LogP contribution >= 0.6 is 23.2 Å². The van der Waals surface area contributed by atoms with Gasteiger partial charge in [-0.15, -0.1) is 0 Å². The number of benzene rings is 1. The van der Waals surface area contributed by atoms with Gasteiger partial charge < -0.3 is 15.4 Å². The Kier molecular flexibility index (Phi) is 6.30. The molecular formula is C14H18Cl2N2O3. The number of ether oxygens (including phenoxy) is 1. The molecule has 7 heteroatoms. The molecule has 0 aliphatic rings. The predicted molar refractivity (Wildman–Crippen MR) is 83.9 cm³/mol. The van der Waals surface area contributed by atoms with E-state index >= 15 is 0 Å². The zero-order chi connectivity index (χ0) is 16.0. The number of hydrogen-bond acceptors (Lipinski definition) is 3. The van der Waals surface area contributed by atoms with Crippen LogP contribution in [0.2, 0.25) is 10.0 Å². The summed E-state index contributed by atoms with van der Waals surface area (Å²) in [6.45, 7) is 3.52. The minimum Gasteiger partial charge on any atom is -0.467 e. The van der Waals surface area contributed by atoms with Gasteiger partial charge in [-0.05, 0) is 31.5 Å². The highest BCUT2D eigenvalue weighted by Gasteiger charge is 2.35. The maximum Gasteiger partial charge on any atom is 0.331 e. The van der Waals surface area contributed by atoms with Crippen LogP contribution in [0.15, 0.2) is 18.2 Å². The summed E-state index contributed by atoms with van der Waals surface area (Å²) < 4.78 is 4.73. The molecule has 1 atom stereocenters. The smallest absolute Gasteiger partial charge is 0.331 e. The Bertz CT molecular complexity index is 537. The van der Waals surface area contributed by atoms with E-state index in [9.17, 15) is 9.59 Å². The Hall–Kier alpha value is -1.46. The summed E-state index contributed by atoms with van der Waals surface area (Å²) in [5, 5.41) is 5.98. The summed E-state index contributed by atoms with van der Waals surface area (Å²) in [7, 11) is 1.28. The number of esters is 1. The number of carbonyl (C=O) groups excluding carboxylic acids is 2. The SMILES string of the molecule is CCCC(C)(NC(=O)Nc1cc(Cl)ccc1Cl)C(=O)OC. The van der Waals surface area contributed by atoms with E-state index in [4.69, 9.17) is 27.9 Å². The lowest BCUT2D eigenvalue weighted by molar-refractivity contribution is -0.147. The average Bonchev–Trinajstić information content (AvgIpc) is 2.42. The van der Waals surface area contributed by atoms with E-state index in [1.807, 2.05) is 6.92 Å². The maximum atomic E-state index is 12.1. The van der Waals surface area contributed by atoms with Crippen LogP contribution in [0.1, 0.15) is 26.7 Å². The number of methoxy groups -OCH3 is 1. The minimum atomic E-state index is -1.10. The summed E-state index contributed by atoms with van der Waals surface area (Å²) in [5.74, 6) is -0.503. The molecule has 1 rings (SSSR count). The van der Waals surface area contributed by atoms with E-state index in [2.05, 4.69) is 10.6 Å². The first-order valence-corrected chi connectivity index (χ1v) is 7.20. The summed E-state index contributed by atoms with van der Waals surface area (Å²) in [4.78, 5) is 23.9. The Morgan fingerprint density at radius 1 is 1.33 bits per heavy atom. The van der Waals surface area contributed by atoms with Gasteiger partial charge in [-0.25, -0.2) is 9.59 Å². The van der Waals surface area contributed by atoms with Crippen molar-refractivity contribution in [2.75, 3.05) is 12.4 Å². The number of hydrogen-bond donors (Lipinski definition) is 2. The molecule has 5 nitrogen and oxygen atoms in total. The van der Waals surface area contributed by atoms with Crippen LogP contribution in [0.25, 0.3) is 0 Å². The van der Waals surface area contributed by atoms with E-state index < -0.39 is 17.5 Å². The lowest BCUT2D eigenvalue weighted by Gasteiger charge is -2.27. The highest BCUT2D eigenvalue weighted by atomic mass is 35.5. The third-order valence-electron chi connectivity index (χ3n) is 2.95. The topological polar surface area (TPSA) is 67.4 Å². The second kappa shape index (κ2) is 7.52. The summed E-state index contributed by atoms with van der Waals surface area (Å²) in [6.07, 6.45) is 1.17. The quantitative estimate of drug-likeness (QED) is 0.805. The van der Waals surface area contributed by atoms with Crippen molar-refractivity contribution in [2.24, 2.45) is 0 Å². The molecule has 1 aromatic carbocycles. The monoisotopic (exact) mass is 332 g/mol. The van der Waals surface area contributed by atoms with Crippen molar-refractivity contribution in [1.82, 2.24) is 5.32 Å². The van der Waals surface area contributed by atoms with E-state index in [1.54, 1.807) is 19.1 Å². The zero-order valence-corrected chi connectivity index (χ0v) is 13.6. The van der Waals surface area contributed by atoms with Gasteiger partial charge in [0.1, 0.15) is 5.54 Å². The van der Waals surface area contributed by atoms with Crippen LogP contribution in [0, 0.1) is 0 Å². The Morgan fingerprint density at radius 2 is 2.00 bits per heavy atom. The second-order valence-corrected chi connectivity index (χ2v) is 5.62. The molecule has 0 heterocycles. The Balaban J connectivity index is 2.83. The van der Waals surface area contributed by atoms with E-state index in [1.165, 1.54) is 13.2 Å². The van der Waals surface area contributed by atoms with Crippen molar-refractivity contribution in [3.8, 4) is 0 Å². The van der Waals surface area contributed by atoms with Crippen LogP contribution in [0.4, 0.5) is 10.5 Å². The van der Waals surface area contributed by atoms with Gasteiger partial charge in [-0.1, -0.05) is 36.5 Å². The molecule has 0 aliphatic carbocycles. The Labute approximate surface area is 133 Å². The van der Waals surface area contributed by atoms with Crippen molar-refractivity contribution in [3.05, 3.63) is 28.2 Å². The molecule has 0 saturated heterocycles. The number of anilines is 1. The predicted octanol–water partition coefficient (Wildman–Crippen LogP) is 3.85. The first-order chi connectivity index (χ1) is 9.82. The number of halogens is 2. The largest absolute Gasteiger partial charge is 0.467 e. The van der Waals surface area contributed by atoms with Crippen molar-refractivity contribution < 1.29 is 14.3 Å². The van der Waals surface area contributed by atoms with Crippen molar-refractivity contribution in [1.29, 1.82) is 0 Å². The molecule has 0 radical (unpaired) electrons. The fourth-order valence-corrected chi connectivity index (χ4v) is 2.28. The third-order valence-corrected chi connectivity index (χ3v) is 3.52. The van der Waals surface area contributed by atoms with Crippen molar-refractivity contribution >= 4 is 40.9 Å². The van der Waals surface area contributed by atoms with E-state index in [0.29, 0.717) is 28.6 Å². The molecule has 2 amide bonds. The van der Waals surface area contributed by atoms with Gasteiger partial charge in [0.2, 0.25) is 0 Å². The number of amides is 2. The highest BCUT2D eigenvalue weighted by Crippen LogP contribution is 2.25. The van der Waals surface area contributed by atoms with Crippen LogP contribution in [0.3, 0.4) is 0 Å². The molecule has 21 heavy (non-hydrogen) atoms. The number of urea groups is 1. The molecule has 1 unspecified atom stereocenters. The van der Waals surface area contributed by atoms with Gasteiger partial charge in [-0.3, -0.25) is 0 Å². The molecule has 0 aromatic heterocycles. The van der Waals surface area contributed by atoms with Crippen LogP contribution in [0.5, 0.6) is 0 Å².